The van der Waals surface area contributed by atoms with Gasteiger partial charge in [0.15, 0.2) is 5.78 Å². The van der Waals surface area contributed by atoms with E-state index in [1.54, 1.807) is 0 Å². The molecule has 0 amide bonds. The van der Waals surface area contributed by atoms with Crippen LogP contribution in [0.15, 0.2) is 11.3 Å². The number of aliphatic hydroxyl groups excluding tert-OH is 1. The lowest BCUT2D eigenvalue weighted by molar-refractivity contribution is -0.121. The molecule has 2 nitrogen and oxygen atoms in total. The minimum absolute atomic E-state index is 0.119. The summed E-state index contributed by atoms with van der Waals surface area (Å²) >= 11 is 0. The molecular formula is C21H36O2. The van der Waals surface area contributed by atoms with Crippen LogP contribution in [-0.2, 0) is 4.79 Å². The van der Waals surface area contributed by atoms with E-state index in [1.807, 2.05) is 6.92 Å². The van der Waals surface area contributed by atoms with Crippen LogP contribution in [0.1, 0.15) is 92.9 Å². The number of Topliss-reactive ketones (excluding diaryl/α,β-unsaturated/α-hetero) is 1. The zero-order chi connectivity index (χ0) is 17.5. The minimum Gasteiger partial charge on any atom is -0.511 e. The van der Waals surface area contributed by atoms with E-state index in [4.69, 9.17) is 0 Å². The van der Waals surface area contributed by atoms with Crippen LogP contribution in [0.4, 0.5) is 0 Å². The van der Waals surface area contributed by atoms with E-state index >= 15 is 0 Å². The Bertz CT molecular complexity index is 476. The standard InChI is InChI=1S/C21H36O2/c1-15(17(22)16-7-9-19(2,3)10-8-16)18(23)21(6)13-11-20(4,5)12-14-21/h16,23H,7-14H2,1-6H3. The molecule has 0 aromatic carbocycles. The maximum atomic E-state index is 12.8. The highest BCUT2D eigenvalue weighted by Gasteiger charge is 2.40. The van der Waals surface area contributed by atoms with Crippen LogP contribution in [0.5, 0.6) is 0 Å². The van der Waals surface area contributed by atoms with Crippen molar-refractivity contribution in [2.24, 2.45) is 22.2 Å². The van der Waals surface area contributed by atoms with Crippen molar-refractivity contribution in [1.82, 2.24) is 0 Å². The van der Waals surface area contributed by atoms with Gasteiger partial charge in [-0.1, -0.05) is 34.6 Å². The average molecular weight is 321 g/mol. The van der Waals surface area contributed by atoms with Crippen molar-refractivity contribution in [3.63, 3.8) is 0 Å². The number of hydrogen-bond donors (Lipinski definition) is 1. The highest BCUT2D eigenvalue weighted by atomic mass is 16.3. The first-order valence-electron chi connectivity index (χ1n) is 9.40. The second-order valence-electron chi connectivity index (χ2n) is 10.0. The fourth-order valence-corrected chi connectivity index (χ4v) is 4.25. The summed E-state index contributed by atoms with van der Waals surface area (Å²) in [4.78, 5) is 12.8. The van der Waals surface area contributed by atoms with E-state index in [9.17, 15) is 9.90 Å². The number of carbonyl (C=O) groups excluding carboxylic acids is 1. The molecule has 2 rings (SSSR count). The molecule has 0 spiro atoms. The zero-order valence-corrected chi connectivity index (χ0v) is 16.1. The molecule has 23 heavy (non-hydrogen) atoms. The molecule has 0 atom stereocenters. The normalized spacial score (nSPS) is 28.1. The van der Waals surface area contributed by atoms with Crippen molar-refractivity contribution < 1.29 is 9.90 Å². The Labute approximate surface area is 142 Å². The lowest BCUT2D eigenvalue weighted by Crippen LogP contribution is -2.33. The third-order valence-electron chi connectivity index (χ3n) is 6.71. The van der Waals surface area contributed by atoms with Crippen molar-refractivity contribution in [1.29, 1.82) is 0 Å². The first-order valence-corrected chi connectivity index (χ1v) is 9.40. The summed E-state index contributed by atoms with van der Waals surface area (Å²) in [5.41, 5.74) is 1.17. The molecule has 0 saturated heterocycles. The molecule has 132 valence electrons. The molecule has 2 saturated carbocycles. The summed E-state index contributed by atoms with van der Waals surface area (Å²) < 4.78 is 0. The lowest BCUT2D eigenvalue weighted by atomic mass is 9.64. The fourth-order valence-electron chi connectivity index (χ4n) is 4.25. The van der Waals surface area contributed by atoms with Gasteiger partial charge in [-0.05, 0) is 69.1 Å². The lowest BCUT2D eigenvalue weighted by Gasteiger charge is -2.41. The topological polar surface area (TPSA) is 37.3 Å². The Morgan fingerprint density at radius 1 is 0.826 bits per heavy atom. The molecule has 2 fully saturated rings. The van der Waals surface area contributed by atoms with E-state index < -0.39 is 0 Å². The second-order valence-corrected chi connectivity index (χ2v) is 10.0. The summed E-state index contributed by atoms with van der Waals surface area (Å²) in [7, 11) is 0. The minimum atomic E-state index is -0.205. The largest absolute Gasteiger partial charge is 0.511 e. The van der Waals surface area contributed by atoms with Crippen molar-refractivity contribution >= 4 is 5.78 Å². The van der Waals surface area contributed by atoms with Crippen LogP contribution in [0, 0.1) is 22.2 Å². The molecule has 2 heteroatoms. The van der Waals surface area contributed by atoms with Gasteiger partial charge in [0.05, 0.1) is 0 Å². The van der Waals surface area contributed by atoms with E-state index in [1.165, 1.54) is 0 Å². The summed E-state index contributed by atoms with van der Waals surface area (Å²) in [6, 6.07) is 0. The van der Waals surface area contributed by atoms with Gasteiger partial charge in [-0.2, -0.15) is 0 Å². The Hall–Kier alpha value is -0.790. The molecule has 0 bridgehead atoms. The van der Waals surface area contributed by atoms with E-state index in [-0.39, 0.29) is 17.1 Å². The van der Waals surface area contributed by atoms with Gasteiger partial charge in [-0.25, -0.2) is 0 Å². The van der Waals surface area contributed by atoms with Crippen molar-refractivity contribution in [3.8, 4) is 0 Å². The smallest absolute Gasteiger partial charge is 0.165 e. The Morgan fingerprint density at radius 3 is 1.74 bits per heavy atom. The van der Waals surface area contributed by atoms with Gasteiger partial charge < -0.3 is 5.11 Å². The van der Waals surface area contributed by atoms with Crippen LogP contribution in [-0.4, -0.2) is 10.9 Å². The molecule has 0 radical (unpaired) electrons. The molecular weight excluding hydrogens is 284 g/mol. The first kappa shape index (κ1) is 18.5. The monoisotopic (exact) mass is 320 g/mol. The zero-order valence-electron chi connectivity index (χ0n) is 16.1. The fraction of sp³-hybridized carbons (Fsp3) is 0.857. The van der Waals surface area contributed by atoms with E-state index in [2.05, 4.69) is 34.6 Å². The quantitative estimate of drug-likeness (QED) is 0.496. The highest BCUT2D eigenvalue weighted by Crippen LogP contribution is 2.49. The van der Waals surface area contributed by atoms with Crippen LogP contribution in [0.3, 0.4) is 0 Å². The molecule has 2 aliphatic carbocycles. The third kappa shape index (κ3) is 4.19. The first-order chi connectivity index (χ1) is 10.5. The van der Waals surface area contributed by atoms with Crippen molar-refractivity contribution in [2.75, 3.05) is 0 Å². The highest BCUT2D eigenvalue weighted by molar-refractivity contribution is 5.97. The molecule has 2 aliphatic rings. The van der Waals surface area contributed by atoms with Gasteiger partial charge in [-0.3, -0.25) is 4.79 Å². The predicted molar refractivity (Wildman–Crippen MR) is 96.4 cm³/mol. The van der Waals surface area contributed by atoms with Crippen molar-refractivity contribution in [3.05, 3.63) is 11.3 Å². The number of allylic oxidation sites excluding steroid dienone is 2. The Balaban J connectivity index is 2.09. The van der Waals surface area contributed by atoms with Gasteiger partial charge in [-0.15, -0.1) is 0 Å². The maximum Gasteiger partial charge on any atom is 0.165 e. The second kappa shape index (κ2) is 6.26. The van der Waals surface area contributed by atoms with Gasteiger partial charge in [0.25, 0.3) is 0 Å². The molecule has 1 N–H and O–H groups in total. The number of rotatable bonds is 3. The third-order valence-corrected chi connectivity index (χ3v) is 6.71. The predicted octanol–water partition coefficient (Wildman–Crippen LogP) is 6.21. The summed E-state index contributed by atoms with van der Waals surface area (Å²) in [6.45, 7) is 13.2. The summed E-state index contributed by atoms with van der Waals surface area (Å²) in [5, 5.41) is 10.8. The SMILES string of the molecule is CC(C(=O)C1CCC(C)(C)CC1)=C(O)C1(C)CCC(C)(C)CC1. The molecule has 0 aromatic heterocycles. The Morgan fingerprint density at radius 2 is 1.26 bits per heavy atom. The van der Waals surface area contributed by atoms with Crippen LogP contribution >= 0.6 is 0 Å². The van der Waals surface area contributed by atoms with Crippen LogP contribution < -0.4 is 0 Å². The van der Waals surface area contributed by atoms with Gasteiger partial charge >= 0.3 is 0 Å². The molecule has 0 heterocycles. The maximum absolute atomic E-state index is 12.8. The summed E-state index contributed by atoms with van der Waals surface area (Å²) in [5.74, 6) is 0.695. The van der Waals surface area contributed by atoms with Gasteiger partial charge in [0.2, 0.25) is 0 Å². The number of hydrogen-bond acceptors (Lipinski definition) is 2. The van der Waals surface area contributed by atoms with Crippen LogP contribution in [0.2, 0.25) is 0 Å². The van der Waals surface area contributed by atoms with E-state index in [0.29, 0.717) is 22.2 Å². The average Bonchev–Trinajstić information content (AvgIpc) is 2.48. The van der Waals surface area contributed by atoms with Crippen molar-refractivity contribution in [2.45, 2.75) is 92.9 Å². The molecule has 0 aliphatic heterocycles. The number of carbonyl (C=O) groups is 1. The number of aliphatic hydroxyl groups is 1. The Kier molecular flexibility index (Phi) is 5.05. The van der Waals surface area contributed by atoms with Crippen LogP contribution in [0.25, 0.3) is 0 Å². The molecule has 0 unspecified atom stereocenters. The van der Waals surface area contributed by atoms with Gasteiger partial charge in [0, 0.05) is 16.9 Å². The summed E-state index contributed by atoms with van der Waals surface area (Å²) in [6.07, 6.45) is 8.37. The number of ketones is 1. The van der Waals surface area contributed by atoms with E-state index in [0.717, 1.165) is 51.4 Å². The van der Waals surface area contributed by atoms with Gasteiger partial charge in [0.1, 0.15) is 5.76 Å². The molecule has 0 aromatic rings.